The SMILES string of the molecule is NC(=O)CCC(NC(=O)C(Cc1ccc(O)cc1)NC(=O)C(N)CCCN=C(N)N)C(=O)NC(Cc1cnc[nH]1)C(=O)O. The predicted molar refractivity (Wildman–Crippen MR) is 154 cm³/mol. The Morgan fingerprint density at radius 2 is 1.51 bits per heavy atom. The van der Waals surface area contributed by atoms with Gasteiger partial charge in [-0.25, -0.2) is 9.78 Å². The van der Waals surface area contributed by atoms with Crippen molar-refractivity contribution in [3.63, 3.8) is 0 Å². The number of primary amides is 1. The fraction of sp³-hybridized carbons (Fsp3) is 0.423. The molecule has 1 aromatic carbocycles. The van der Waals surface area contributed by atoms with E-state index in [0.29, 0.717) is 17.7 Å². The van der Waals surface area contributed by atoms with Crippen molar-refractivity contribution in [1.29, 1.82) is 0 Å². The van der Waals surface area contributed by atoms with Crippen molar-refractivity contribution >= 4 is 35.6 Å². The third-order valence-electron chi connectivity index (χ3n) is 6.22. The van der Waals surface area contributed by atoms with Crippen molar-refractivity contribution in [1.82, 2.24) is 25.9 Å². The molecule has 0 saturated heterocycles. The molecule has 0 spiro atoms. The predicted octanol–water partition coefficient (Wildman–Crippen LogP) is -2.91. The number of carboxylic acids is 1. The van der Waals surface area contributed by atoms with E-state index >= 15 is 0 Å². The van der Waals surface area contributed by atoms with Crippen LogP contribution in [0.2, 0.25) is 0 Å². The van der Waals surface area contributed by atoms with E-state index in [4.69, 9.17) is 22.9 Å². The Morgan fingerprint density at radius 1 is 0.884 bits per heavy atom. The van der Waals surface area contributed by atoms with E-state index in [-0.39, 0.29) is 50.4 Å². The number of amides is 4. The molecule has 4 amide bonds. The number of H-pyrrole nitrogens is 1. The molecule has 43 heavy (non-hydrogen) atoms. The molecule has 4 atom stereocenters. The Morgan fingerprint density at radius 3 is 2.09 bits per heavy atom. The number of aliphatic carboxylic acids is 1. The van der Waals surface area contributed by atoms with Gasteiger partial charge in [0, 0.05) is 37.7 Å². The number of carbonyl (C=O) groups excluding carboxylic acids is 4. The fourth-order valence-electron chi connectivity index (χ4n) is 3.92. The number of carbonyl (C=O) groups is 5. The quantitative estimate of drug-likeness (QED) is 0.0468. The van der Waals surface area contributed by atoms with E-state index in [9.17, 15) is 34.2 Å². The molecule has 0 aliphatic rings. The van der Waals surface area contributed by atoms with Crippen molar-refractivity contribution in [2.24, 2.45) is 27.9 Å². The number of aliphatic imine (C=N–C) groups is 1. The number of nitrogens with zero attached hydrogens (tertiary/aromatic N) is 2. The number of guanidine groups is 1. The molecule has 0 radical (unpaired) electrons. The van der Waals surface area contributed by atoms with Gasteiger partial charge in [-0.3, -0.25) is 24.2 Å². The smallest absolute Gasteiger partial charge is 0.326 e. The number of rotatable bonds is 18. The van der Waals surface area contributed by atoms with Crippen LogP contribution in [-0.4, -0.2) is 86.5 Å². The van der Waals surface area contributed by atoms with Gasteiger partial charge in [0.2, 0.25) is 23.6 Å². The molecular weight excluding hydrogens is 564 g/mol. The summed E-state index contributed by atoms with van der Waals surface area (Å²) in [7, 11) is 0. The largest absolute Gasteiger partial charge is 0.508 e. The summed E-state index contributed by atoms with van der Waals surface area (Å²) in [6.45, 7) is 0.245. The number of imidazole rings is 1. The number of phenols is 1. The molecule has 0 aliphatic heterocycles. The summed E-state index contributed by atoms with van der Waals surface area (Å²) in [5, 5.41) is 26.7. The number of benzene rings is 1. The second-order valence-electron chi connectivity index (χ2n) is 9.73. The second kappa shape index (κ2) is 16.9. The minimum atomic E-state index is -1.38. The highest BCUT2D eigenvalue weighted by atomic mass is 16.4. The Bertz CT molecular complexity index is 1260. The van der Waals surface area contributed by atoms with Gasteiger partial charge in [0.25, 0.3) is 0 Å². The molecule has 2 rings (SSSR count). The normalized spacial score (nSPS) is 13.5. The average molecular weight is 603 g/mol. The van der Waals surface area contributed by atoms with Crippen molar-refractivity contribution in [2.75, 3.05) is 6.54 Å². The molecule has 14 N–H and O–H groups in total. The summed E-state index contributed by atoms with van der Waals surface area (Å²) >= 11 is 0. The summed E-state index contributed by atoms with van der Waals surface area (Å²) in [4.78, 5) is 73.2. The van der Waals surface area contributed by atoms with Gasteiger partial charge in [0.15, 0.2) is 5.96 Å². The van der Waals surface area contributed by atoms with Crippen molar-refractivity contribution < 1.29 is 34.2 Å². The highest BCUT2D eigenvalue weighted by Gasteiger charge is 2.31. The van der Waals surface area contributed by atoms with E-state index in [2.05, 4.69) is 30.9 Å². The second-order valence-corrected chi connectivity index (χ2v) is 9.73. The molecule has 17 nitrogen and oxygen atoms in total. The van der Waals surface area contributed by atoms with E-state index in [1.165, 1.54) is 24.7 Å². The molecule has 2 aromatic rings. The van der Waals surface area contributed by atoms with Gasteiger partial charge >= 0.3 is 5.97 Å². The van der Waals surface area contributed by atoms with Crippen LogP contribution in [0.4, 0.5) is 0 Å². The third-order valence-corrected chi connectivity index (χ3v) is 6.22. The summed E-state index contributed by atoms with van der Waals surface area (Å²) < 4.78 is 0. The molecule has 0 fully saturated rings. The lowest BCUT2D eigenvalue weighted by molar-refractivity contribution is -0.142. The van der Waals surface area contributed by atoms with E-state index in [1.54, 1.807) is 12.1 Å². The average Bonchev–Trinajstić information content (AvgIpc) is 3.46. The van der Waals surface area contributed by atoms with Gasteiger partial charge in [0.05, 0.1) is 12.4 Å². The molecule has 0 bridgehead atoms. The lowest BCUT2D eigenvalue weighted by atomic mass is 10.0. The Labute approximate surface area is 246 Å². The van der Waals surface area contributed by atoms with Crippen LogP contribution in [0.25, 0.3) is 0 Å². The molecule has 234 valence electrons. The number of aromatic nitrogens is 2. The van der Waals surface area contributed by atoms with Crippen LogP contribution in [0, 0.1) is 0 Å². The molecule has 4 unspecified atom stereocenters. The molecule has 17 heteroatoms. The van der Waals surface area contributed by atoms with Crippen LogP contribution in [0.5, 0.6) is 5.75 Å². The lowest BCUT2D eigenvalue weighted by Crippen LogP contribution is -2.58. The first-order valence-electron chi connectivity index (χ1n) is 13.3. The van der Waals surface area contributed by atoms with Crippen LogP contribution in [-0.2, 0) is 36.8 Å². The van der Waals surface area contributed by atoms with Gasteiger partial charge in [0.1, 0.15) is 23.9 Å². The maximum Gasteiger partial charge on any atom is 0.326 e. The first-order chi connectivity index (χ1) is 20.3. The van der Waals surface area contributed by atoms with Crippen molar-refractivity contribution in [3.05, 3.63) is 48.0 Å². The fourth-order valence-corrected chi connectivity index (χ4v) is 3.92. The highest BCUT2D eigenvalue weighted by Crippen LogP contribution is 2.12. The zero-order valence-electron chi connectivity index (χ0n) is 23.4. The number of nitrogens with one attached hydrogen (secondary N) is 4. The summed E-state index contributed by atoms with van der Waals surface area (Å²) in [5.74, 6) is -4.55. The zero-order chi connectivity index (χ0) is 31.9. The highest BCUT2D eigenvalue weighted by molar-refractivity contribution is 5.94. The van der Waals surface area contributed by atoms with Gasteiger partial charge in [-0.15, -0.1) is 0 Å². The van der Waals surface area contributed by atoms with Gasteiger partial charge in [-0.1, -0.05) is 12.1 Å². The number of aromatic hydroxyl groups is 1. The monoisotopic (exact) mass is 602 g/mol. The van der Waals surface area contributed by atoms with Crippen LogP contribution in [0.15, 0.2) is 41.8 Å². The Kier molecular flexibility index (Phi) is 13.4. The first-order valence-corrected chi connectivity index (χ1v) is 13.3. The number of carboxylic acid groups (broad SMARTS) is 1. The van der Waals surface area contributed by atoms with Crippen LogP contribution >= 0.6 is 0 Å². The Hall–Kier alpha value is -5.19. The Balaban J connectivity index is 2.21. The van der Waals surface area contributed by atoms with E-state index in [0.717, 1.165) is 0 Å². The number of phenolic OH excluding ortho intramolecular Hbond substituents is 1. The third kappa shape index (κ3) is 12.5. The maximum atomic E-state index is 13.5. The molecule has 0 aliphatic carbocycles. The molecule has 1 aromatic heterocycles. The van der Waals surface area contributed by atoms with Gasteiger partial charge in [-0.05, 0) is 37.0 Å². The van der Waals surface area contributed by atoms with Crippen LogP contribution in [0.1, 0.15) is 36.9 Å². The standard InChI is InChI=1S/C26H38N10O7/c27-17(2-1-9-32-26(29)30)22(39)35-19(10-14-3-5-16(37)6-4-14)24(41)34-18(7-8-21(28)38)23(40)36-20(25(42)43)11-15-12-31-13-33-15/h3-6,12-13,17-20,37H,1-2,7-11,27H2,(H2,28,38)(H,31,33)(H,34,41)(H,35,39)(H,36,40)(H,42,43)(H4,29,30,32). The first kappa shape index (κ1) is 34.0. The minimum Gasteiger partial charge on any atom is -0.508 e. The van der Waals surface area contributed by atoms with E-state index in [1.807, 2.05) is 0 Å². The summed E-state index contributed by atoms with van der Waals surface area (Å²) in [5.41, 5.74) is 22.8. The van der Waals surface area contributed by atoms with Crippen molar-refractivity contribution in [3.8, 4) is 5.75 Å². The number of nitrogens with two attached hydrogens (primary N) is 4. The number of aromatic amines is 1. The van der Waals surface area contributed by atoms with Gasteiger partial charge in [-0.2, -0.15) is 0 Å². The van der Waals surface area contributed by atoms with Crippen LogP contribution < -0.4 is 38.9 Å². The summed E-state index contributed by atoms with van der Waals surface area (Å²) in [6, 6.07) is 0.859. The number of hydrogen-bond acceptors (Lipinski definition) is 9. The lowest BCUT2D eigenvalue weighted by Gasteiger charge is -2.25. The topological polar surface area (TPSA) is 307 Å². The summed E-state index contributed by atoms with van der Waals surface area (Å²) in [6.07, 6.45) is 2.62. The van der Waals surface area contributed by atoms with Gasteiger partial charge < -0.3 is 54.1 Å². The molecule has 0 saturated carbocycles. The molecule has 1 heterocycles. The minimum absolute atomic E-state index is 0.0112. The molecular formula is C26H38N10O7. The van der Waals surface area contributed by atoms with E-state index < -0.39 is 53.8 Å². The van der Waals surface area contributed by atoms with Crippen LogP contribution in [0.3, 0.4) is 0 Å². The maximum absolute atomic E-state index is 13.5. The number of hydrogen-bond donors (Lipinski definition) is 10. The zero-order valence-corrected chi connectivity index (χ0v) is 23.4. The van der Waals surface area contributed by atoms with Crippen molar-refractivity contribution in [2.45, 2.75) is 62.7 Å².